The van der Waals surface area contributed by atoms with Gasteiger partial charge in [-0.1, -0.05) is 97.1 Å². The lowest BCUT2D eigenvalue weighted by Gasteiger charge is -2.29. The molecule has 2 heterocycles. The maximum absolute atomic E-state index is 15.7. The summed E-state index contributed by atoms with van der Waals surface area (Å²) in [5.41, 5.74) is 17.0. The van der Waals surface area contributed by atoms with Gasteiger partial charge in [0.2, 0.25) is 0 Å². The zero-order chi connectivity index (χ0) is 66.9. The fourth-order valence-corrected chi connectivity index (χ4v) is 12.3. The van der Waals surface area contributed by atoms with Crippen LogP contribution in [0.1, 0.15) is 76.4 Å². The molecule has 2 aliphatic rings. The average Bonchev–Trinajstić information content (AvgIpc) is 1.54. The summed E-state index contributed by atoms with van der Waals surface area (Å²) in [5.74, 6) is -1.16. The molecular weight excluding hydrogens is 1160 g/mol. The minimum Gasteiger partial charge on any atom is -0.442 e. The molecule has 2 aliphatic heterocycles. The van der Waals surface area contributed by atoms with Crippen molar-refractivity contribution in [3.8, 4) is 0 Å². The van der Waals surface area contributed by atoms with Crippen LogP contribution >= 0.6 is 0 Å². The predicted molar refractivity (Wildman–Crippen MR) is 395 cm³/mol. The SMILES string of the molecule is CN(C)c1ccc(C(=CC2(C=C(c3ccc(N(C)C)cc3)c3ccc(N(C)C)cc3)OC(=O)c3cc4c(cc32)C(C=C(c2ccc(N(C)C)cc2)c2ccc(N(C)C)cc2)(C=C(c2ccc(N(C)C)cc2)c2cccc(N(C)C)c2)OC4=O)c2ccc(N(C)C)cc2)cc1. The lowest BCUT2D eigenvalue weighted by molar-refractivity contribution is 0.0294. The fraction of sp³-hybridized carbons (Fsp3) is 0.220. The van der Waals surface area contributed by atoms with Crippen LogP contribution in [-0.4, -0.2) is 125 Å². The maximum Gasteiger partial charge on any atom is 0.340 e. The van der Waals surface area contributed by atoms with Crippen molar-refractivity contribution in [3.05, 3.63) is 297 Å². The van der Waals surface area contributed by atoms with Crippen LogP contribution in [0.15, 0.2) is 231 Å². The van der Waals surface area contributed by atoms with Gasteiger partial charge in [0, 0.05) is 169 Å². The molecule has 1 atom stereocenters. The van der Waals surface area contributed by atoms with Gasteiger partial charge in [0.15, 0.2) is 11.2 Å². The topological polar surface area (TPSA) is 78.5 Å². The zero-order valence-electron chi connectivity index (χ0n) is 57.2. The zero-order valence-corrected chi connectivity index (χ0v) is 57.2. The second-order valence-corrected chi connectivity index (χ2v) is 26.1. The van der Waals surface area contributed by atoms with E-state index in [1.165, 1.54) is 0 Å². The molecule has 478 valence electrons. The number of esters is 2. The van der Waals surface area contributed by atoms with Gasteiger partial charge in [-0.25, -0.2) is 9.59 Å². The molecule has 0 saturated heterocycles. The molecule has 0 amide bonds. The smallest absolute Gasteiger partial charge is 0.340 e. The van der Waals surface area contributed by atoms with E-state index in [1.54, 1.807) is 6.07 Å². The molecule has 9 aromatic rings. The number of hydrogen-bond donors (Lipinski definition) is 0. The molecule has 0 aliphatic carbocycles. The molecule has 94 heavy (non-hydrogen) atoms. The molecule has 9 aromatic carbocycles. The van der Waals surface area contributed by atoms with Gasteiger partial charge in [-0.05, 0) is 200 Å². The van der Waals surface area contributed by atoms with Crippen LogP contribution in [-0.2, 0) is 20.7 Å². The highest BCUT2D eigenvalue weighted by Gasteiger charge is 2.50. The van der Waals surface area contributed by atoms with Gasteiger partial charge in [-0.3, -0.25) is 0 Å². The number of cyclic esters (lactones) is 2. The quantitative estimate of drug-likeness (QED) is 0.0682. The van der Waals surface area contributed by atoms with Crippen molar-refractivity contribution in [1.29, 1.82) is 0 Å². The summed E-state index contributed by atoms with van der Waals surface area (Å²) in [6, 6.07) is 71.5. The van der Waals surface area contributed by atoms with Crippen LogP contribution < -0.4 is 39.2 Å². The van der Waals surface area contributed by atoms with Gasteiger partial charge < -0.3 is 48.7 Å². The Bertz CT molecular complexity index is 4090. The number of carbonyl (C=O) groups excluding carboxylic acids is 2. The minimum absolute atomic E-state index is 0.249. The number of fused-ring (bicyclic) bond motifs is 2. The van der Waals surface area contributed by atoms with Crippen molar-refractivity contribution in [1.82, 2.24) is 0 Å². The van der Waals surface area contributed by atoms with Crippen LogP contribution in [0.3, 0.4) is 0 Å². The molecular formula is C82H86N8O4. The lowest BCUT2D eigenvalue weighted by atomic mass is 9.78. The van der Waals surface area contributed by atoms with E-state index in [9.17, 15) is 0 Å². The molecule has 0 saturated carbocycles. The Morgan fingerprint density at radius 1 is 0.255 bits per heavy atom. The number of nitrogens with zero attached hydrogens (tertiary/aromatic N) is 8. The minimum atomic E-state index is -1.66. The van der Waals surface area contributed by atoms with Crippen molar-refractivity contribution in [2.45, 2.75) is 11.2 Å². The summed E-state index contributed by atoms with van der Waals surface area (Å²) >= 11 is 0. The van der Waals surface area contributed by atoms with E-state index in [1.807, 2.05) is 119 Å². The van der Waals surface area contributed by atoms with Gasteiger partial charge in [0.25, 0.3) is 0 Å². The largest absolute Gasteiger partial charge is 0.442 e. The molecule has 0 N–H and O–H groups in total. The lowest BCUT2D eigenvalue weighted by Crippen LogP contribution is -2.25. The van der Waals surface area contributed by atoms with Gasteiger partial charge in [0.05, 0.1) is 11.1 Å². The standard InChI is InChI=1S/C82H86N8O4/c1-83(2)63-34-20-55(21-35-63)73(56-22-36-64(37-23-56)84(3)4)51-81(52-74(57-24-38-65(39-25-57)85(5)6)58-26-40-66(41-27-58)86(7)8)77-50-78-72(49-71(77)79(91)93-81)80(92)94-82(78,53-75(59-28-42-67(43-29-59)87(9)10)60-30-44-68(45-31-60)88(11)12)54-76(61-32-46-69(47-33-61)89(13)14)62-18-17-19-70(48-62)90(15)16/h17-54H,1-16H3. The number of rotatable bonds is 20. The van der Waals surface area contributed by atoms with E-state index in [0.29, 0.717) is 11.1 Å². The summed E-state index contributed by atoms with van der Waals surface area (Å²) in [5, 5.41) is 0. The number of ether oxygens (including phenoxy) is 2. The van der Waals surface area contributed by atoms with Crippen molar-refractivity contribution < 1.29 is 19.1 Å². The number of hydrogen-bond acceptors (Lipinski definition) is 12. The summed E-state index contributed by atoms with van der Waals surface area (Å²) in [6.07, 6.45) is 8.45. The third-order valence-corrected chi connectivity index (χ3v) is 17.9. The normalized spacial score (nSPS) is 14.4. The van der Waals surface area contributed by atoms with Crippen LogP contribution in [0, 0.1) is 0 Å². The maximum atomic E-state index is 15.7. The Morgan fingerprint density at radius 2 is 0.468 bits per heavy atom. The summed E-state index contributed by atoms with van der Waals surface area (Å²) in [4.78, 5) is 48.0. The Hall–Kier alpha value is -10.7. The average molecular weight is 1250 g/mol. The number of carbonyl (C=O) groups is 2. The molecule has 12 heteroatoms. The summed E-state index contributed by atoms with van der Waals surface area (Å²) < 4.78 is 14.5. The van der Waals surface area contributed by atoms with Crippen molar-refractivity contribution in [2.75, 3.05) is 152 Å². The van der Waals surface area contributed by atoms with E-state index in [2.05, 4.69) is 258 Å². The molecule has 12 nitrogen and oxygen atoms in total. The Morgan fingerprint density at radius 3 is 0.681 bits per heavy atom. The third kappa shape index (κ3) is 13.2. The molecule has 0 radical (unpaired) electrons. The van der Waals surface area contributed by atoms with Crippen molar-refractivity contribution >= 4 is 79.7 Å². The first kappa shape index (κ1) is 64.8. The first-order chi connectivity index (χ1) is 44.9. The second kappa shape index (κ2) is 26.5. The monoisotopic (exact) mass is 1250 g/mol. The molecule has 11 rings (SSSR count). The van der Waals surface area contributed by atoms with E-state index in [0.717, 1.165) is 112 Å². The molecule has 0 fully saturated rings. The van der Waals surface area contributed by atoms with Crippen LogP contribution in [0.4, 0.5) is 45.5 Å². The Labute approximate surface area is 556 Å². The van der Waals surface area contributed by atoms with Crippen molar-refractivity contribution in [3.63, 3.8) is 0 Å². The van der Waals surface area contributed by atoms with Gasteiger partial charge in [0.1, 0.15) is 0 Å². The van der Waals surface area contributed by atoms with Gasteiger partial charge >= 0.3 is 11.9 Å². The van der Waals surface area contributed by atoms with E-state index < -0.39 is 23.1 Å². The highest BCUT2D eigenvalue weighted by atomic mass is 16.6. The highest BCUT2D eigenvalue weighted by molar-refractivity contribution is 6.04. The van der Waals surface area contributed by atoms with E-state index in [-0.39, 0.29) is 11.1 Å². The fourth-order valence-electron chi connectivity index (χ4n) is 12.3. The predicted octanol–water partition coefficient (Wildman–Crippen LogP) is 15.5. The third-order valence-electron chi connectivity index (χ3n) is 17.9. The first-order valence-electron chi connectivity index (χ1n) is 31.7. The van der Waals surface area contributed by atoms with Gasteiger partial charge in [-0.2, -0.15) is 0 Å². The first-order valence-corrected chi connectivity index (χ1v) is 31.7. The number of anilines is 8. The highest BCUT2D eigenvalue weighted by Crippen LogP contribution is 2.52. The molecule has 0 bridgehead atoms. The van der Waals surface area contributed by atoms with E-state index in [4.69, 9.17) is 9.47 Å². The van der Waals surface area contributed by atoms with Crippen molar-refractivity contribution in [2.24, 2.45) is 0 Å². The number of benzene rings is 9. The Kier molecular flexibility index (Phi) is 18.3. The van der Waals surface area contributed by atoms with Gasteiger partial charge in [-0.15, -0.1) is 0 Å². The second-order valence-electron chi connectivity index (χ2n) is 26.1. The van der Waals surface area contributed by atoms with Crippen LogP contribution in [0.2, 0.25) is 0 Å². The van der Waals surface area contributed by atoms with Crippen LogP contribution in [0.25, 0.3) is 22.3 Å². The molecule has 0 spiro atoms. The molecule has 1 unspecified atom stereocenters. The van der Waals surface area contributed by atoms with Crippen LogP contribution in [0.5, 0.6) is 0 Å². The van der Waals surface area contributed by atoms with E-state index >= 15 is 9.59 Å². The summed E-state index contributed by atoms with van der Waals surface area (Å²) in [7, 11) is 32.5. The Balaban J connectivity index is 1.30. The summed E-state index contributed by atoms with van der Waals surface area (Å²) in [6.45, 7) is 0. The molecule has 0 aromatic heterocycles.